The highest BCUT2D eigenvalue weighted by atomic mass is 32.2. The van der Waals surface area contributed by atoms with E-state index in [0.29, 0.717) is 0 Å². The van der Waals surface area contributed by atoms with Crippen LogP contribution in [0.4, 0.5) is 14.5 Å². The van der Waals surface area contributed by atoms with E-state index >= 15 is 0 Å². The van der Waals surface area contributed by atoms with E-state index in [9.17, 15) is 22.3 Å². The monoisotopic (exact) mass is 307 g/mol. The first-order chi connectivity index (χ1) is 9.06. The average Bonchev–Trinajstić information content (AvgIpc) is 2.34. The summed E-state index contributed by atoms with van der Waals surface area (Å²) in [6, 6.07) is 5.43. The van der Waals surface area contributed by atoms with Gasteiger partial charge in [0.2, 0.25) is 9.84 Å². The zero-order valence-corrected chi connectivity index (χ0v) is 12.4. The highest BCUT2D eigenvalue weighted by Gasteiger charge is 2.29. The van der Waals surface area contributed by atoms with Crippen molar-refractivity contribution in [3.8, 4) is 0 Å². The van der Waals surface area contributed by atoms with Crippen molar-refractivity contribution < 1.29 is 22.3 Å². The van der Waals surface area contributed by atoms with Crippen molar-refractivity contribution in [2.24, 2.45) is 5.41 Å². The third-order valence-corrected chi connectivity index (χ3v) is 4.35. The number of para-hydroxylation sites is 1. The molecule has 0 aliphatic heterocycles. The molecule has 1 aromatic rings. The standard InChI is InChI=1S/C13H19F2NO3S/c1-13(2,3)11(17)8-16-9-6-4-5-7-10(9)20(18,19)12(14)15/h4-7,11-12,16-17H,8H2,1-3H3/t11-/m1/s1. The van der Waals surface area contributed by atoms with Gasteiger partial charge < -0.3 is 10.4 Å². The Labute approximate surface area is 117 Å². The van der Waals surface area contributed by atoms with Crippen LogP contribution in [0.2, 0.25) is 0 Å². The van der Waals surface area contributed by atoms with Crippen LogP contribution in [0.15, 0.2) is 29.2 Å². The van der Waals surface area contributed by atoms with Gasteiger partial charge in [-0.1, -0.05) is 32.9 Å². The number of hydrogen-bond donors (Lipinski definition) is 2. The minimum atomic E-state index is -4.67. The Balaban J connectivity index is 2.99. The van der Waals surface area contributed by atoms with Gasteiger partial charge in [-0.15, -0.1) is 0 Å². The number of anilines is 1. The fourth-order valence-electron chi connectivity index (χ4n) is 1.47. The molecule has 4 nitrogen and oxygen atoms in total. The largest absolute Gasteiger partial charge is 0.391 e. The Hall–Kier alpha value is -1.21. The number of alkyl halides is 2. The van der Waals surface area contributed by atoms with Crippen molar-refractivity contribution >= 4 is 15.5 Å². The molecule has 1 atom stereocenters. The van der Waals surface area contributed by atoms with Crippen LogP contribution in [0.3, 0.4) is 0 Å². The molecule has 0 fully saturated rings. The Morgan fingerprint density at radius 3 is 2.30 bits per heavy atom. The van der Waals surface area contributed by atoms with Gasteiger partial charge in [0.1, 0.15) is 0 Å². The number of benzene rings is 1. The molecule has 0 saturated heterocycles. The number of sulfone groups is 1. The van der Waals surface area contributed by atoms with Gasteiger partial charge in [-0.3, -0.25) is 0 Å². The lowest BCUT2D eigenvalue weighted by Crippen LogP contribution is -2.33. The maximum absolute atomic E-state index is 12.6. The molecule has 2 N–H and O–H groups in total. The number of aliphatic hydroxyl groups is 1. The van der Waals surface area contributed by atoms with Crippen molar-refractivity contribution in [1.82, 2.24) is 0 Å². The Morgan fingerprint density at radius 2 is 1.80 bits per heavy atom. The fourth-order valence-corrected chi connectivity index (χ4v) is 2.38. The molecule has 0 amide bonds. The molecule has 0 radical (unpaired) electrons. The first-order valence-electron chi connectivity index (χ1n) is 6.10. The quantitative estimate of drug-likeness (QED) is 0.877. The maximum Gasteiger partial charge on any atom is 0.341 e. The van der Waals surface area contributed by atoms with Gasteiger partial charge in [-0.05, 0) is 17.5 Å². The minimum Gasteiger partial charge on any atom is -0.391 e. The second-order valence-corrected chi connectivity index (χ2v) is 7.45. The zero-order valence-electron chi connectivity index (χ0n) is 11.6. The van der Waals surface area contributed by atoms with Crippen LogP contribution in [0.5, 0.6) is 0 Å². The third-order valence-electron chi connectivity index (χ3n) is 2.91. The summed E-state index contributed by atoms with van der Waals surface area (Å²) >= 11 is 0. The molecule has 114 valence electrons. The van der Waals surface area contributed by atoms with E-state index in [-0.39, 0.29) is 12.2 Å². The van der Waals surface area contributed by atoms with E-state index < -0.39 is 32.0 Å². The molecule has 0 bridgehead atoms. The summed E-state index contributed by atoms with van der Waals surface area (Å²) in [7, 11) is -4.67. The van der Waals surface area contributed by atoms with E-state index in [1.165, 1.54) is 18.2 Å². The molecule has 0 saturated carbocycles. The van der Waals surface area contributed by atoms with Gasteiger partial charge in [0.25, 0.3) is 0 Å². The summed E-state index contributed by atoms with van der Waals surface area (Å²) in [6.45, 7) is 5.53. The number of rotatable bonds is 5. The summed E-state index contributed by atoms with van der Waals surface area (Å²) in [5.74, 6) is -3.47. The number of aliphatic hydroxyl groups excluding tert-OH is 1. The third kappa shape index (κ3) is 3.89. The van der Waals surface area contributed by atoms with Crippen LogP contribution < -0.4 is 5.32 Å². The molecule has 20 heavy (non-hydrogen) atoms. The van der Waals surface area contributed by atoms with E-state index in [1.54, 1.807) is 0 Å². The highest BCUT2D eigenvalue weighted by Crippen LogP contribution is 2.27. The summed E-state index contributed by atoms with van der Waals surface area (Å²) in [6.07, 6.45) is -0.746. The summed E-state index contributed by atoms with van der Waals surface area (Å²) in [4.78, 5) is -0.462. The van der Waals surface area contributed by atoms with E-state index in [2.05, 4.69) is 5.32 Å². The molecular formula is C13H19F2NO3S. The smallest absolute Gasteiger partial charge is 0.341 e. The molecule has 7 heteroatoms. The van der Waals surface area contributed by atoms with Crippen molar-refractivity contribution in [3.05, 3.63) is 24.3 Å². The lowest BCUT2D eigenvalue weighted by molar-refractivity contribution is 0.0745. The van der Waals surface area contributed by atoms with E-state index in [0.717, 1.165) is 6.07 Å². The Kier molecular flexibility index (Phi) is 5.10. The van der Waals surface area contributed by atoms with E-state index in [1.807, 2.05) is 20.8 Å². The lowest BCUT2D eigenvalue weighted by atomic mass is 9.89. The van der Waals surface area contributed by atoms with Gasteiger partial charge in [0.15, 0.2) is 0 Å². The number of hydrogen-bond acceptors (Lipinski definition) is 4. The van der Waals surface area contributed by atoms with Gasteiger partial charge in [0.05, 0.1) is 16.7 Å². The second kappa shape index (κ2) is 6.05. The second-order valence-electron chi connectivity index (χ2n) is 5.56. The molecule has 0 unspecified atom stereocenters. The predicted molar refractivity (Wildman–Crippen MR) is 73.6 cm³/mol. The van der Waals surface area contributed by atoms with Gasteiger partial charge in [-0.25, -0.2) is 8.42 Å². The molecule has 0 spiro atoms. The van der Waals surface area contributed by atoms with Crippen LogP contribution >= 0.6 is 0 Å². The number of halogens is 2. The normalized spacial score (nSPS) is 14.3. The molecule has 1 rings (SSSR count). The summed E-state index contributed by atoms with van der Waals surface area (Å²) in [5.41, 5.74) is -0.333. The lowest BCUT2D eigenvalue weighted by Gasteiger charge is -2.26. The average molecular weight is 307 g/mol. The van der Waals surface area contributed by atoms with Crippen molar-refractivity contribution in [2.75, 3.05) is 11.9 Å². The SMILES string of the molecule is CC(C)(C)[C@H](O)CNc1ccccc1S(=O)(=O)C(F)F. The summed E-state index contributed by atoms with van der Waals surface area (Å²) < 4.78 is 48.3. The van der Waals surface area contributed by atoms with Crippen LogP contribution in [-0.4, -0.2) is 31.9 Å². The van der Waals surface area contributed by atoms with Gasteiger partial charge >= 0.3 is 5.76 Å². The minimum absolute atomic E-state index is 0.0658. The molecule has 0 aromatic heterocycles. The molecule has 0 aliphatic carbocycles. The van der Waals surface area contributed by atoms with Crippen LogP contribution in [0, 0.1) is 5.41 Å². The summed E-state index contributed by atoms with van der Waals surface area (Å²) in [5, 5.41) is 12.6. The molecular weight excluding hydrogens is 288 g/mol. The van der Waals surface area contributed by atoms with Crippen LogP contribution in [0.25, 0.3) is 0 Å². The molecule has 0 aliphatic rings. The predicted octanol–water partition coefficient (Wildman–Crippen LogP) is 2.50. The van der Waals surface area contributed by atoms with Gasteiger partial charge in [0, 0.05) is 6.54 Å². The topological polar surface area (TPSA) is 66.4 Å². The Morgan fingerprint density at radius 1 is 1.25 bits per heavy atom. The van der Waals surface area contributed by atoms with Crippen molar-refractivity contribution in [1.29, 1.82) is 0 Å². The van der Waals surface area contributed by atoms with Crippen LogP contribution in [-0.2, 0) is 9.84 Å². The molecule has 0 heterocycles. The maximum atomic E-state index is 12.6. The van der Waals surface area contributed by atoms with Gasteiger partial charge in [-0.2, -0.15) is 8.78 Å². The first-order valence-corrected chi connectivity index (χ1v) is 7.64. The number of nitrogens with one attached hydrogen (secondary N) is 1. The Bertz CT molecular complexity index is 553. The highest BCUT2D eigenvalue weighted by molar-refractivity contribution is 7.91. The van der Waals surface area contributed by atoms with Crippen LogP contribution in [0.1, 0.15) is 20.8 Å². The molecule has 1 aromatic carbocycles. The van der Waals surface area contributed by atoms with Crippen molar-refractivity contribution in [2.45, 2.75) is 37.5 Å². The fraction of sp³-hybridized carbons (Fsp3) is 0.538. The first kappa shape index (κ1) is 16.8. The van der Waals surface area contributed by atoms with Crippen molar-refractivity contribution in [3.63, 3.8) is 0 Å². The van der Waals surface area contributed by atoms with E-state index in [4.69, 9.17) is 0 Å². The zero-order chi connectivity index (χ0) is 15.6.